The predicted octanol–water partition coefficient (Wildman–Crippen LogP) is 2.88. The minimum Gasteiger partial charge on any atom is -0.490 e. The average Bonchev–Trinajstić information content (AvgIpc) is 2.16. The van der Waals surface area contributed by atoms with Crippen molar-refractivity contribution in [2.45, 2.75) is 13.3 Å². The first-order chi connectivity index (χ1) is 7.06. The maximum Gasteiger partial charge on any atom is 0.248 e. The summed E-state index contributed by atoms with van der Waals surface area (Å²) >= 11 is 11.8. The molecule has 0 saturated heterocycles. The lowest BCUT2D eigenvalue weighted by atomic mass is 10.2. The zero-order chi connectivity index (χ0) is 11.4. The molecule has 0 aromatic heterocycles. The summed E-state index contributed by atoms with van der Waals surface area (Å²) in [6, 6.07) is 2.89. The molecule has 0 atom stereocenters. The number of carbonyl (C=O) groups excluding carboxylic acids is 1. The molecule has 1 aromatic rings. The average molecular weight is 248 g/mol. The maximum absolute atomic E-state index is 10.9. The highest BCUT2D eigenvalue weighted by Gasteiger charge is 2.11. The van der Waals surface area contributed by atoms with Crippen LogP contribution in [0.15, 0.2) is 12.1 Å². The summed E-state index contributed by atoms with van der Waals surface area (Å²) < 4.78 is 5.34. The molecule has 0 spiro atoms. The van der Waals surface area contributed by atoms with Gasteiger partial charge in [-0.25, -0.2) is 0 Å². The zero-order valence-electron chi connectivity index (χ0n) is 8.22. The molecule has 15 heavy (non-hydrogen) atoms. The normalized spacial score (nSPS) is 10.1. The molecule has 0 fully saturated rings. The topological polar surface area (TPSA) is 52.3 Å². The van der Waals surface area contributed by atoms with E-state index in [4.69, 9.17) is 33.7 Å². The van der Waals surface area contributed by atoms with Crippen LogP contribution >= 0.6 is 23.2 Å². The minimum absolute atomic E-state index is 0.272. The Bertz CT molecular complexity index is 357. The Morgan fingerprint density at radius 1 is 1.40 bits per heavy atom. The van der Waals surface area contributed by atoms with Gasteiger partial charge in [-0.05, 0) is 18.6 Å². The Morgan fingerprint density at radius 3 is 2.33 bits per heavy atom. The third-order valence-corrected chi connectivity index (χ3v) is 2.29. The number of hydrogen-bond donors (Lipinski definition) is 1. The van der Waals surface area contributed by atoms with E-state index in [1.807, 2.05) is 6.92 Å². The summed E-state index contributed by atoms with van der Waals surface area (Å²) in [6.07, 6.45) is 0.851. The van der Waals surface area contributed by atoms with Gasteiger partial charge in [0.1, 0.15) is 0 Å². The maximum atomic E-state index is 10.9. The van der Waals surface area contributed by atoms with Crippen molar-refractivity contribution in [3.8, 4) is 5.75 Å². The van der Waals surface area contributed by atoms with Crippen molar-refractivity contribution in [3.63, 3.8) is 0 Å². The zero-order valence-corrected chi connectivity index (χ0v) is 9.73. The molecule has 2 N–H and O–H groups in total. The van der Waals surface area contributed by atoms with Crippen LogP contribution in [0.4, 0.5) is 0 Å². The van der Waals surface area contributed by atoms with Gasteiger partial charge < -0.3 is 10.5 Å². The highest BCUT2D eigenvalue weighted by Crippen LogP contribution is 2.34. The number of ether oxygens (including phenoxy) is 1. The van der Waals surface area contributed by atoms with Crippen molar-refractivity contribution in [2.75, 3.05) is 6.61 Å². The van der Waals surface area contributed by atoms with E-state index >= 15 is 0 Å². The lowest BCUT2D eigenvalue weighted by Gasteiger charge is -2.09. The highest BCUT2D eigenvalue weighted by atomic mass is 35.5. The molecule has 0 aliphatic heterocycles. The smallest absolute Gasteiger partial charge is 0.248 e. The third-order valence-electron chi connectivity index (χ3n) is 1.73. The Labute approximate surface area is 98.1 Å². The van der Waals surface area contributed by atoms with Crippen LogP contribution in [0.25, 0.3) is 0 Å². The van der Waals surface area contributed by atoms with Crippen LogP contribution in [-0.2, 0) is 0 Å². The van der Waals surface area contributed by atoms with Gasteiger partial charge in [0.15, 0.2) is 5.75 Å². The summed E-state index contributed by atoms with van der Waals surface area (Å²) in [5, 5.41) is 0.592. The van der Waals surface area contributed by atoms with E-state index in [-0.39, 0.29) is 5.56 Å². The van der Waals surface area contributed by atoms with E-state index in [1.54, 1.807) is 0 Å². The number of primary amides is 1. The summed E-state index contributed by atoms with van der Waals surface area (Å²) in [4.78, 5) is 10.9. The molecule has 3 nitrogen and oxygen atoms in total. The Morgan fingerprint density at radius 2 is 1.93 bits per heavy atom. The Hall–Kier alpha value is -0.930. The van der Waals surface area contributed by atoms with Crippen LogP contribution in [0.3, 0.4) is 0 Å². The second-order valence-corrected chi connectivity index (χ2v) is 3.80. The van der Waals surface area contributed by atoms with Crippen LogP contribution in [0, 0.1) is 0 Å². The summed E-state index contributed by atoms with van der Waals surface area (Å²) in [7, 11) is 0. The van der Waals surface area contributed by atoms with E-state index in [2.05, 4.69) is 0 Å². The van der Waals surface area contributed by atoms with Gasteiger partial charge in [0.25, 0.3) is 0 Å². The van der Waals surface area contributed by atoms with E-state index in [0.29, 0.717) is 22.4 Å². The highest BCUT2D eigenvalue weighted by molar-refractivity contribution is 6.37. The van der Waals surface area contributed by atoms with E-state index in [9.17, 15) is 4.79 Å². The quantitative estimate of drug-likeness (QED) is 0.890. The second kappa shape index (κ2) is 5.24. The molecule has 1 aromatic carbocycles. The lowest BCUT2D eigenvalue weighted by Crippen LogP contribution is -2.11. The van der Waals surface area contributed by atoms with Gasteiger partial charge in [-0.2, -0.15) is 0 Å². The first-order valence-corrected chi connectivity index (χ1v) is 5.23. The number of halogens is 2. The molecule has 0 aliphatic rings. The van der Waals surface area contributed by atoms with Crippen molar-refractivity contribution in [2.24, 2.45) is 5.73 Å². The van der Waals surface area contributed by atoms with Gasteiger partial charge in [0.05, 0.1) is 16.7 Å². The molecule has 0 unspecified atom stereocenters. The van der Waals surface area contributed by atoms with Gasteiger partial charge in [-0.1, -0.05) is 30.1 Å². The fourth-order valence-corrected chi connectivity index (χ4v) is 1.64. The van der Waals surface area contributed by atoms with Crippen molar-refractivity contribution < 1.29 is 9.53 Å². The molecule has 0 radical (unpaired) electrons. The van der Waals surface area contributed by atoms with Gasteiger partial charge >= 0.3 is 0 Å². The van der Waals surface area contributed by atoms with E-state index in [1.165, 1.54) is 12.1 Å². The monoisotopic (exact) mass is 247 g/mol. The lowest BCUT2D eigenvalue weighted by molar-refractivity contribution is 0.100. The number of benzene rings is 1. The molecule has 1 amide bonds. The molecule has 0 saturated carbocycles. The van der Waals surface area contributed by atoms with Crippen molar-refractivity contribution in [3.05, 3.63) is 27.7 Å². The molecule has 0 bridgehead atoms. The van der Waals surface area contributed by atoms with E-state index in [0.717, 1.165) is 6.42 Å². The standard InChI is InChI=1S/C10H11Cl2NO2/c1-2-3-15-9-7(11)4-6(10(13)14)5-8(9)12/h4-5H,2-3H2,1H3,(H2,13,14). The number of rotatable bonds is 4. The molecule has 82 valence electrons. The Balaban J connectivity index is 3.04. The number of amides is 1. The summed E-state index contributed by atoms with van der Waals surface area (Å²) in [5.74, 6) is -0.175. The van der Waals surface area contributed by atoms with Crippen LogP contribution in [0.5, 0.6) is 5.75 Å². The molecular weight excluding hydrogens is 237 g/mol. The summed E-state index contributed by atoms with van der Waals surface area (Å²) in [5.41, 5.74) is 5.38. The second-order valence-electron chi connectivity index (χ2n) is 2.98. The fraction of sp³-hybridized carbons (Fsp3) is 0.300. The molecular formula is C10H11Cl2NO2. The minimum atomic E-state index is -0.569. The van der Waals surface area contributed by atoms with Crippen LogP contribution in [0.1, 0.15) is 23.7 Å². The first kappa shape index (κ1) is 12.1. The first-order valence-electron chi connectivity index (χ1n) is 4.48. The third kappa shape index (κ3) is 3.01. The predicted molar refractivity (Wildman–Crippen MR) is 60.8 cm³/mol. The number of hydrogen-bond acceptors (Lipinski definition) is 2. The van der Waals surface area contributed by atoms with Crippen molar-refractivity contribution in [1.82, 2.24) is 0 Å². The van der Waals surface area contributed by atoms with Crippen molar-refractivity contribution in [1.29, 1.82) is 0 Å². The molecule has 5 heteroatoms. The molecule has 0 heterocycles. The van der Waals surface area contributed by atoms with E-state index < -0.39 is 5.91 Å². The molecule has 0 aliphatic carbocycles. The van der Waals surface area contributed by atoms with Crippen LogP contribution in [0.2, 0.25) is 10.0 Å². The van der Waals surface area contributed by atoms with Crippen LogP contribution in [-0.4, -0.2) is 12.5 Å². The van der Waals surface area contributed by atoms with Gasteiger partial charge in [0.2, 0.25) is 5.91 Å². The van der Waals surface area contributed by atoms with Gasteiger partial charge in [-0.3, -0.25) is 4.79 Å². The van der Waals surface area contributed by atoms with Crippen molar-refractivity contribution >= 4 is 29.1 Å². The Kier molecular flexibility index (Phi) is 4.24. The SMILES string of the molecule is CCCOc1c(Cl)cc(C(N)=O)cc1Cl. The van der Waals surface area contributed by atoms with Gasteiger partial charge in [-0.15, -0.1) is 0 Å². The number of nitrogens with two attached hydrogens (primary N) is 1. The summed E-state index contributed by atoms with van der Waals surface area (Å²) in [6.45, 7) is 2.49. The fourth-order valence-electron chi connectivity index (χ4n) is 1.04. The molecule has 1 rings (SSSR count). The largest absolute Gasteiger partial charge is 0.490 e. The van der Waals surface area contributed by atoms with Gasteiger partial charge in [0, 0.05) is 5.56 Å². The van der Waals surface area contributed by atoms with Crippen LogP contribution < -0.4 is 10.5 Å². The number of carbonyl (C=O) groups is 1.